The second kappa shape index (κ2) is 14.8. The van der Waals surface area contributed by atoms with E-state index >= 15 is 0 Å². The zero-order valence-electron chi connectivity index (χ0n) is 24.2. The molecule has 4 aromatic carbocycles. The highest BCUT2D eigenvalue weighted by Gasteiger charge is 2.32. The molecular weight excluding hydrogens is 508 g/mol. The van der Waals surface area contributed by atoms with Crippen molar-refractivity contribution in [3.05, 3.63) is 138 Å². The topological polar surface area (TPSA) is 58.6 Å². The molecule has 5 nitrogen and oxygen atoms in total. The SMILES string of the molecule is CCC(C)NC(=O)C(Cc1ccccc1)N(Cc1cccc(OC)c1)C(=O)CC(c1ccccc1)c1ccccc1. The number of carbonyl (C=O) groups is 2. The van der Waals surface area contributed by atoms with Crippen molar-refractivity contribution in [2.24, 2.45) is 0 Å². The molecule has 2 amide bonds. The largest absolute Gasteiger partial charge is 0.497 e. The van der Waals surface area contributed by atoms with E-state index in [9.17, 15) is 9.59 Å². The average molecular weight is 549 g/mol. The molecule has 0 aliphatic rings. The highest BCUT2D eigenvalue weighted by molar-refractivity contribution is 5.88. The van der Waals surface area contributed by atoms with Gasteiger partial charge in [-0.1, -0.05) is 110 Å². The third-order valence-electron chi connectivity index (χ3n) is 7.54. The molecule has 41 heavy (non-hydrogen) atoms. The molecule has 0 aliphatic heterocycles. The number of amides is 2. The van der Waals surface area contributed by atoms with Crippen LogP contribution in [0.5, 0.6) is 5.75 Å². The van der Waals surface area contributed by atoms with E-state index in [1.54, 1.807) is 12.0 Å². The van der Waals surface area contributed by atoms with Crippen molar-refractivity contribution in [2.45, 2.75) is 57.7 Å². The number of rotatable bonds is 13. The number of methoxy groups -OCH3 is 1. The van der Waals surface area contributed by atoms with Crippen LogP contribution in [-0.4, -0.2) is 35.9 Å². The normalized spacial score (nSPS) is 12.4. The third-order valence-corrected chi connectivity index (χ3v) is 7.54. The Morgan fingerprint density at radius 1 is 0.780 bits per heavy atom. The third kappa shape index (κ3) is 8.31. The molecule has 4 rings (SSSR count). The van der Waals surface area contributed by atoms with Crippen LogP contribution < -0.4 is 10.1 Å². The van der Waals surface area contributed by atoms with Gasteiger partial charge >= 0.3 is 0 Å². The van der Waals surface area contributed by atoms with Gasteiger partial charge in [-0.05, 0) is 47.7 Å². The Hall–Kier alpha value is -4.38. The lowest BCUT2D eigenvalue weighted by Gasteiger charge is -2.33. The van der Waals surface area contributed by atoms with E-state index in [1.165, 1.54) is 0 Å². The first-order valence-electron chi connectivity index (χ1n) is 14.3. The van der Waals surface area contributed by atoms with Crippen molar-refractivity contribution in [2.75, 3.05) is 7.11 Å². The van der Waals surface area contributed by atoms with Gasteiger partial charge < -0.3 is 15.0 Å². The predicted molar refractivity (Wildman–Crippen MR) is 165 cm³/mol. The van der Waals surface area contributed by atoms with Gasteiger partial charge in [-0.15, -0.1) is 0 Å². The summed E-state index contributed by atoms with van der Waals surface area (Å²) in [5.74, 6) is 0.346. The van der Waals surface area contributed by atoms with E-state index in [0.717, 1.165) is 28.7 Å². The molecular formula is C36H40N2O3. The first-order chi connectivity index (χ1) is 20.0. The summed E-state index contributed by atoms with van der Waals surface area (Å²) in [6.45, 7) is 4.32. The van der Waals surface area contributed by atoms with Crippen molar-refractivity contribution in [1.82, 2.24) is 10.2 Å². The van der Waals surface area contributed by atoms with E-state index in [-0.39, 0.29) is 36.7 Å². The predicted octanol–water partition coefficient (Wildman–Crippen LogP) is 6.77. The van der Waals surface area contributed by atoms with E-state index in [4.69, 9.17) is 4.74 Å². The molecule has 2 unspecified atom stereocenters. The maximum Gasteiger partial charge on any atom is 0.243 e. The van der Waals surface area contributed by atoms with E-state index in [2.05, 4.69) is 29.6 Å². The van der Waals surface area contributed by atoms with Crippen LogP contribution in [0.2, 0.25) is 0 Å². The Labute approximate surface area is 244 Å². The standard InChI is InChI=1S/C36H40N2O3/c1-4-27(2)37-36(40)34(24-28-15-8-5-9-16-28)38(26-29-17-14-22-32(23-29)41-3)35(39)25-33(30-18-10-6-11-19-30)31-20-12-7-13-21-31/h5-23,27,33-34H,4,24-26H2,1-3H3,(H,37,40). The lowest BCUT2D eigenvalue weighted by Crippen LogP contribution is -2.52. The summed E-state index contributed by atoms with van der Waals surface area (Å²) in [6, 6.07) is 37.2. The van der Waals surface area contributed by atoms with E-state index in [0.29, 0.717) is 12.2 Å². The number of hydrogen-bond donors (Lipinski definition) is 1. The van der Waals surface area contributed by atoms with E-state index < -0.39 is 6.04 Å². The minimum absolute atomic E-state index is 0.00377. The smallest absolute Gasteiger partial charge is 0.243 e. The van der Waals surface area contributed by atoms with Crippen LogP contribution in [0.1, 0.15) is 54.9 Å². The molecule has 0 aliphatic carbocycles. The molecule has 0 radical (unpaired) electrons. The molecule has 4 aromatic rings. The minimum atomic E-state index is -0.683. The molecule has 5 heteroatoms. The van der Waals surface area contributed by atoms with Gasteiger partial charge in [0.05, 0.1) is 7.11 Å². The molecule has 0 fully saturated rings. The molecule has 0 bridgehead atoms. The quantitative estimate of drug-likeness (QED) is 0.201. The van der Waals surface area contributed by atoms with Crippen LogP contribution in [0.3, 0.4) is 0 Å². The summed E-state index contributed by atoms with van der Waals surface area (Å²) in [7, 11) is 1.63. The van der Waals surface area contributed by atoms with Crippen LogP contribution in [0.15, 0.2) is 115 Å². The molecule has 0 aromatic heterocycles. The fourth-order valence-corrected chi connectivity index (χ4v) is 5.05. The van der Waals surface area contributed by atoms with E-state index in [1.807, 2.05) is 105 Å². The van der Waals surface area contributed by atoms with Crippen molar-refractivity contribution in [1.29, 1.82) is 0 Å². The highest BCUT2D eigenvalue weighted by Crippen LogP contribution is 2.30. The van der Waals surface area contributed by atoms with Crippen LogP contribution in [0.25, 0.3) is 0 Å². The second-order valence-electron chi connectivity index (χ2n) is 10.5. The fourth-order valence-electron chi connectivity index (χ4n) is 5.05. The Bertz CT molecular complexity index is 1340. The average Bonchev–Trinajstić information content (AvgIpc) is 3.02. The van der Waals surface area contributed by atoms with Gasteiger partial charge in [0.2, 0.25) is 11.8 Å². The number of benzene rings is 4. The number of ether oxygens (including phenoxy) is 1. The zero-order chi connectivity index (χ0) is 29.0. The van der Waals surface area contributed by atoms with Crippen molar-refractivity contribution in [3.63, 3.8) is 0 Å². The fraction of sp³-hybridized carbons (Fsp3) is 0.278. The number of carbonyl (C=O) groups excluding carboxylic acids is 2. The van der Waals surface area contributed by atoms with Crippen molar-refractivity contribution in [3.8, 4) is 5.75 Å². The number of hydrogen-bond acceptors (Lipinski definition) is 3. The zero-order valence-corrected chi connectivity index (χ0v) is 24.2. The number of nitrogens with zero attached hydrogens (tertiary/aromatic N) is 1. The maximum absolute atomic E-state index is 14.5. The van der Waals surface area contributed by atoms with Crippen LogP contribution in [0.4, 0.5) is 0 Å². The summed E-state index contributed by atoms with van der Waals surface area (Å²) in [6.07, 6.45) is 1.46. The first-order valence-corrected chi connectivity index (χ1v) is 14.3. The van der Waals surface area contributed by atoms with Gasteiger partial charge in [0.1, 0.15) is 11.8 Å². The Morgan fingerprint density at radius 2 is 1.34 bits per heavy atom. The van der Waals surface area contributed by atoms with Gasteiger partial charge in [0.25, 0.3) is 0 Å². The Balaban J connectivity index is 1.75. The summed E-state index contributed by atoms with van der Waals surface area (Å²) in [5, 5.41) is 3.15. The highest BCUT2D eigenvalue weighted by atomic mass is 16.5. The Morgan fingerprint density at radius 3 is 1.90 bits per heavy atom. The summed E-state index contributed by atoms with van der Waals surface area (Å²) in [4.78, 5) is 30.1. The van der Waals surface area contributed by atoms with Gasteiger partial charge in [0, 0.05) is 31.3 Å². The molecule has 0 saturated carbocycles. The first kappa shape index (κ1) is 29.6. The lowest BCUT2D eigenvalue weighted by molar-refractivity contribution is -0.141. The molecule has 0 saturated heterocycles. The van der Waals surface area contributed by atoms with Gasteiger partial charge in [0.15, 0.2) is 0 Å². The summed E-state index contributed by atoms with van der Waals surface area (Å²) >= 11 is 0. The second-order valence-corrected chi connectivity index (χ2v) is 10.5. The lowest BCUT2D eigenvalue weighted by atomic mass is 9.87. The molecule has 2 atom stereocenters. The van der Waals surface area contributed by atoms with Gasteiger partial charge in [-0.2, -0.15) is 0 Å². The maximum atomic E-state index is 14.5. The van der Waals surface area contributed by atoms with Gasteiger partial charge in [-0.25, -0.2) is 0 Å². The molecule has 1 N–H and O–H groups in total. The molecule has 212 valence electrons. The number of nitrogens with one attached hydrogen (secondary N) is 1. The molecule has 0 spiro atoms. The minimum Gasteiger partial charge on any atom is -0.497 e. The summed E-state index contributed by atoms with van der Waals surface area (Å²) < 4.78 is 5.47. The Kier molecular flexibility index (Phi) is 10.7. The summed E-state index contributed by atoms with van der Waals surface area (Å²) in [5.41, 5.74) is 4.04. The van der Waals surface area contributed by atoms with Crippen molar-refractivity contribution < 1.29 is 14.3 Å². The van der Waals surface area contributed by atoms with Gasteiger partial charge in [-0.3, -0.25) is 9.59 Å². The van der Waals surface area contributed by atoms with Crippen LogP contribution >= 0.6 is 0 Å². The van der Waals surface area contributed by atoms with Crippen LogP contribution in [0, 0.1) is 0 Å². The van der Waals surface area contributed by atoms with Crippen molar-refractivity contribution >= 4 is 11.8 Å². The molecule has 0 heterocycles. The van der Waals surface area contributed by atoms with Crippen LogP contribution in [-0.2, 0) is 22.6 Å². The monoisotopic (exact) mass is 548 g/mol.